The Morgan fingerprint density at radius 1 is 1.29 bits per heavy atom. The van der Waals surface area contributed by atoms with E-state index in [9.17, 15) is 18.0 Å². The standard InChI is InChI=1S/C13H14F3NO3S/c1-19-8-4-3-5-9(20-2)11(8)12-17(7-13(14,15)16)10(18)6-21-12/h3-5,12H,6-7H2,1-2H3. The second-order valence-electron chi connectivity index (χ2n) is 4.38. The molecule has 0 spiro atoms. The fourth-order valence-electron chi connectivity index (χ4n) is 2.18. The van der Waals surface area contributed by atoms with Gasteiger partial charge >= 0.3 is 6.18 Å². The lowest BCUT2D eigenvalue weighted by atomic mass is 10.1. The van der Waals surface area contributed by atoms with Gasteiger partial charge in [-0.1, -0.05) is 6.07 Å². The Morgan fingerprint density at radius 2 is 1.86 bits per heavy atom. The predicted octanol–water partition coefficient (Wildman–Crippen LogP) is 2.84. The van der Waals surface area contributed by atoms with E-state index in [0.29, 0.717) is 17.1 Å². The summed E-state index contributed by atoms with van der Waals surface area (Å²) in [6.45, 7) is -1.29. The van der Waals surface area contributed by atoms with Crippen LogP contribution >= 0.6 is 11.8 Å². The number of nitrogens with zero attached hydrogens (tertiary/aromatic N) is 1. The summed E-state index contributed by atoms with van der Waals surface area (Å²) in [5, 5.41) is -0.773. The van der Waals surface area contributed by atoms with Crippen LogP contribution in [0.5, 0.6) is 11.5 Å². The summed E-state index contributed by atoms with van der Waals surface area (Å²) in [5.41, 5.74) is 0.447. The monoisotopic (exact) mass is 321 g/mol. The first-order valence-electron chi connectivity index (χ1n) is 6.06. The molecule has 4 nitrogen and oxygen atoms in total. The minimum atomic E-state index is -4.45. The number of thioether (sulfide) groups is 1. The first-order valence-corrected chi connectivity index (χ1v) is 7.11. The molecule has 1 unspecified atom stereocenters. The Bertz CT molecular complexity index is 514. The summed E-state index contributed by atoms with van der Waals surface area (Å²) in [6.07, 6.45) is -4.45. The molecule has 0 N–H and O–H groups in total. The van der Waals surface area contributed by atoms with E-state index in [1.807, 2.05) is 0 Å². The van der Waals surface area contributed by atoms with Gasteiger partial charge < -0.3 is 14.4 Å². The van der Waals surface area contributed by atoms with Crippen LogP contribution in [0.15, 0.2) is 18.2 Å². The Kier molecular flexibility index (Phi) is 4.55. The summed E-state index contributed by atoms with van der Waals surface area (Å²) in [7, 11) is 2.85. The summed E-state index contributed by atoms with van der Waals surface area (Å²) < 4.78 is 48.4. The molecular weight excluding hydrogens is 307 g/mol. The molecule has 2 rings (SSSR count). The van der Waals surface area contributed by atoms with Gasteiger partial charge in [0.25, 0.3) is 0 Å². The average Bonchev–Trinajstić information content (AvgIpc) is 2.77. The molecule has 0 saturated carbocycles. The Morgan fingerprint density at radius 3 is 2.33 bits per heavy atom. The molecule has 8 heteroatoms. The molecule has 1 aliphatic heterocycles. The predicted molar refractivity (Wildman–Crippen MR) is 72.5 cm³/mol. The second kappa shape index (κ2) is 6.05. The molecule has 0 aromatic heterocycles. The number of rotatable bonds is 4. The van der Waals surface area contributed by atoms with Crippen molar-refractivity contribution >= 4 is 17.7 Å². The van der Waals surface area contributed by atoms with E-state index in [0.717, 1.165) is 16.7 Å². The smallest absolute Gasteiger partial charge is 0.406 e. The number of carbonyl (C=O) groups excluding carboxylic acids is 1. The number of alkyl halides is 3. The number of carbonyl (C=O) groups is 1. The number of hydrogen-bond donors (Lipinski definition) is 0. The van der Waals surface area contributed by atoms with Crippen molar-refractivity contribution < 1.29 is 27.4 Å². The van der Waals surface area contributed by atoms with Gasteiger partial charge in [-0.3, -0.25) is 4.79 Å². The number of hydrogen-bond acceptors (Lipinski definition) is 4. The van der Waals surface area contributed by atoms with Crippen LogP contribution in [0.4, 0.5) is 13.2 Å². The fourth-order valence-corrected chi connectivity index (χ4v) is 3.42. The number of halogens is 3. The van der Waals surface area contributed by atoms with Crippen LogP contribution in [-0.4, -0.2) is 43.5 Å². The van der Waals surface area contributed by atoms with Crippen LogP contribution in [0, 0.1) is 0 Å². The highest BCUT2D eigenvalue weighted by Gasteiger charge is 2.42. The lowest BCUT2D eigenvalue weighted by Crippen LogP contribution is -2.37. The zero-order valence-corrected chi connectivity index (χ0v) is 12.3. The summed E-state index contributed by atoms with van der Waals surface area (Å²) in [4.78, 5) is 12.6. The van der Waals surface area contributed by atoms with E-state index < -0.39 is 24.0 Å². The van der Waals surface area contributed by atoms with Gasteiger partial charge in [0, 0.05) is 0 Å². The fraction of sp³-hybridized carbons (Fsp3) is 0.462. The van der Waals surface area contributed by atoms with Crippen molar-refractivity contribution in [1.29, 1.82) is 0 Å². The molecule has 1 amide bonds. The minimum Gasteiger partial charge on any atom is -0.496 e. The molecule has 0 aliphatic carbocycles. The van der Waals surface area contributed by atoms with Gasteiger partial charge in [-0.2, -0.15) is 13.2 Å². The third-order valence-corrected chi connectivity index (χ3v) is 4.25. The van der Waals surface area contributed by atoms with Gasteiger partial charge in [0.2, 0.25) is 5.91 Å². The number of benzene rings is 1. The summed E-state index contributed by atoms with van der Waals surface area (Å²) in [6, 6.07) is 4.94. The van der Waals surface area contributed by atoms with Crippen molar-refractivity contribution in [1.82, 2.24) is 4.90 Å². The quantitative estimate of drug-likeness (QED) is 0.855. The van der Waals surface area contributed by atoms with Crippen LogP contribution in [0.1, 0.15) is 10.9 Å². The molecule has 0 bridgehead atoms. The van der Waals surface area contributed by atoms with Crippen LogP contribution < -0.4 is 9.47 Å². The normalized spacial score (nSPS) is 19.0. The third kappa shape index (κ3) is 3.37. The van der Waals surface area contributed by atoms with Crippen molar-refractivity contribution in [2.45, 2.75) is 11.6 Å². The average molecular weight is 321 g/mol. The first-order chi connectivity index (χ1) is 9.87. The Hall–Kier alpha value is -1.57. The molecule has 116 valence electrons. The lowest BCUT2D eigenvalue weighted by molar-refractivity contribution is -0.160. The van der Waals surface area contributed by atoms with Crippen LogP contribution in [0.2, 0.25) is 0 Å². The zero-order chi connectivity index (χ0) is 15.6. The maximum Gasteiger partial charge on any atom is 0.406 e. The maximum absolute atomic E-state index is 12.7. The second-order valence-corrected chi connectivity index (χ2v) is 5.44. The van der Waals surface area contributed by atoms with Crippen molar-refractivity contribution in [3.05, 3.63) is 23.8 Å². The highest BCUT2D eigenvalue weighted by atomic mass is 32.2. The van der Waals surface area contributed by atoms with E-state index >= 15 is 0 Å². The van der Waals surface area contributed by atoms with Gasteiger partial charge in [0.05, 0.1) is 25.5 Å². The molecular formula is C13H14F3NO3S. The van der Waals surface area contributed by atoms with Crippen molar-refractivity contribution in [2.24, 2.45) is 0 Å². The highest BCUT2D eigenvalue weighted by Crippen LogP contribution is 2.47. The molecule has 21 heavy (non-hydrogen) atoms. The molecule has 1 fully saturated rings. The van der Waals surface area contributed by atoms with E-state index in [1.165, 1.54) is 14.2 Å². The lowest BCUT2D eigenvalue weighted by Gasteiger charge is -2.27. The van der Waals surface area contributed by atoms with E-state index in [-0.39, 0.29) is 5.75 Å². The minimum absolute atomic E-state index is 0.00193. The molecule has 1 atom stereocenters. The highest BCUT2D eigenvalue weighted by molar-refractivity contribution is 8.00. The SMILES string of the molecule is COc1cccc(OC)c1C1SCC(=O)N1CC(F)(F)F. The van der Waals surface area contributed by atoms with Crippen molar-refractivity contribution in [3.63, 3.8) is 0 Å². The van der Waals surface area contributed by atoms with E-state index in [2.05, 4.69) is 0 Å². The number of methoxy groups -OCH3 is 2. The molecule has 1 aromatic carbocycles. The molecule has 1 aromatic rings. The van der Waals surface area contributed by atoms with Crippen LogP contribution in [0.25, 0.3) is 0 Å². The molecule has 1 saturated heterocycles. The van der Waals surface area contributed by atoms with Gasteiger partial charge in [-0.25, -0.2) is 0 Å². The largest absolute Gasteiger partial charge is 0.496 e. The van der Waals surface area contributed by atoms with Gasteiger partial charge in [-0.15, -0.1) is 11.8 Å². The van der Waals surface area contributed by atoms with Gasteiger partial charge in [0.15, 0.2) is 0 Å². The molecule has 1 heterocycles. The topological polar surface area (TPSA) is 38.8 Å². The van der Waals surface area contributed by atoms with Gasteiger partial charge in [-0.05, 0) is 12.1 Å². The molecule has 1 aliphatic rings. The van der Waals surface area contributed by atoms with Crippen molar-refractivity contribution in [3.8, 4) is 11.5 Å². The first kappa shape index (κ1) is 15.8. The van der Waals surface area contributed by atoms with Gasteiger partial charge in [0.1, 0.15) is 23.4 Å². The number of ether oxygens (including phenoxy) is 2. The van der Waals surface area contributed by atoms with Crippen LogP contribution in [-0.2, 0) is 4.79 Å². The maximum atomic E-state index is 12.7. The number of amides is 1. The Balaban J connectivity index is 2.42. The van der Waals surface area contributed by atoms with Crippen LogP contribution in [0.3, 0.4) is 0 Å². The zero-order valence-electron chi connectivity index (χ0n) is 11.4. The van der Waals surface area contributed by atoms with E-state index in [1.54, 1.807) is 18.2 Å². The third-order valence-electron chi connectivity index (χ3n) is 3.03. The van der Waals surface area contributed by atoms with E-state index in [4.69, 9.17) is 9.47 Å². The van der Waals surface area contributed by atoms with Crippen molar-refractivity contribution in [2.75, 3.05) is 26.5 Å². The summed E-state index contributed by atoms with van der Waals surface area (Å²) in [5.74, 6) is 0.250. The molecule has 0 radical (unpaired) electrons. The Labute approximate surface area is 124 Å². The summed E-state index contributed by atoms with van der Waals surface area (Å²) >= 11 is 1.13.